The topological polar surface area (TPSA) is 72.3 Å². The molecule has 0 aliphatic carbocycles. The zero-order chi connectivity index (χ0) is 18.3. The third-order valence-electron chi connectivity index (χ3n) is 3.69. The summed E-state index contributed by atoms with van der Waals surface area (Å²) in [5.41, 5.74) is 1.24. The van der Waals surface area contributed by atoms with Crippen molar-refractivity contribution in [3.8, 4) is 11.5 Å². The van der Waals surface area contributed by atoms with Gasteiger partial charge in [0.15, 0.2) is 5.65 Å². The average molecular weight is 362 g/mol. The Morgan fingerprint density at radius 1 is 1.12 bits per heavy atom. The Kier molecular flexibility index (Phi) is 3.67. The van der Waals surface area contributed by atoms with Gasteiger partial charge >= 0.3 is 6.18 Å². The Hall–Kier alpha value is -3.30. The maximum absolute atomic E-state index is 13.4. The fraction of sp³-hybridized carbons (Fsp3) is 0.125. The first-order valence-electron chi connectivity index (χ1n) is 7.48. The monoisotopic (exact) mass is 362 g/mol. The van der Waals surface area contributed by atoms with Crippen molar-refractivity contribution in [2.45, 2.75) is 12.7 Å². The molecule has 0 aliphatic rings. The Balaban J connectivity index is 1.80. The van der Waals surface area contributed by atoms with Crippen LogP contribution in [0.5, 0.6) is 0 Å². The maximum Gasteiger partial charge on any atom is 0.451 e. The lowest BCUT2D eigenvalue weighted by Crippen LogP contribution is -2.07. The van der Waals surface area contributed by atoms with Gasteiger partial charge in [-0.1, -0.05) is 12.1 Å². The van der Waals surface area contributed by atoms with Crippen LogP contribution in [0.1, 0.15) is 11.4 Å². The molecule has 1 N–H and O–H groups in total. The molecule has 0 saturated carbocycles. The van der Waals surface area contributed by atoms with E-state index in [2.05, 4.69) is 20.2 Å². The van der Waals surface area contributed by atoms with Crippen LogP contribution >= 0.6 is 0 Å². The molecule has 6 nitrogen and oxygen atoms in total. The Morgan fingerprint density at radius 2 is 1.96 bits per heavy atom. The number of alkyl halides is 3. The van der Waals surface area contributed by atoms with E-state index < -0.39 is 17.8 Å². The van der Waals surface area contributed by atoms with E-state index in [4.69, 9.17) is 0 Å². The van der Waals surface area contributed by atoms with Gasteiger partial charge in [-0.2, -0.15) is 23.4 Å². The lowest BCUT2D eigenvalue weighted by atomic mass is 10.2. The lowest BCUT2D eigenvalue weighted by molar-refractivity contribution is -0.144. The van der Waals surface area contributed by atoms with Gasteiger partial charge in [0.2, 0.25) is 11.6 Å². The molecule has 0 atom stereocenters. The molecule has 0 aliphatic heterocycles. The fourth-order valence-electron chi connectivity index (χ4n) is 2.59. The van der Waals surface area contributed by atoms with Crippen LogP contribution < -0.4 is 0 Å². The second kappa shape index (κ2) is 5.90. The highest BCUT2D eigenvalue weighted by atomic mass is 19.4. The number of benzene rings is 1. The van der Waals surface area contributed by atoms with Crippen LogP contribution in [0.4, 0.5) is 17.6 Å². The zero-order valence-electron chi connectivity index (χ0n) is 13.0. The molecule has 10 heteroatoms. The quantitative estimate of drug-likeness (QED) is 0.567. The van der Waals surface area contributed by atoms with Crippen molar-refractivity contribution < 1.29 is 17.6 Å². The molecule has 0 bridgehead atoms. The second-order valence-corrected chi connectivity index (χ2v) is 5.52. The predicted molar refractivity (Wildman–Crippen MR) is 83.4 cm³/mol. The number of aromatic nitrogens is 6. The van der Waals surface area contributed by atoms with Crippen LogP contribution in [-0.2, 0) is 12.7 Å². The SMILES string of the molecule is Fc1cccc(Cn2nc(-c3n[nH]c(C(F)(F)F)n3)c3cccnc32)c1. The van der Waals surface area contributed by atoms with Gasteiger partial charge in [0, 0.05) is 6.20 Å². The van der Waals surface area contributed by atoms with Crippen molar-refractivity contribution in [1.29, 1.82) is 0 Å². The van der Waals surface area contributed by atoms with Gasteiger partial charge in [-0.15, -0.1) is 0 Å². The minimum atomic E-state index is -4.64. The van der Waals surface area contributed by atoms with E-state index in [-0.39, 0.29) is 18.1 Å². The summed E-state index contributed by atoms with van der Waals surface area (Å²) in [7, 11) is 0. The molecule has 4 rings (SSSR count). The molecule has 0 unspecified atom stereocenters. The van der Waals surface area contributed by atoms with Crippen LogP contribution in [0.15, 0.2) is 42.6 Å². The summed E-state index contributed by atoms with van der Waals surface area (Å²) in [5, 5.41) is 10.3. The number of rotatable bonds is 3. The van der Waals surface area contributed by atoms with Crippen molar-refractivity contribution in [2.75, 3.05) is 0 Å². The minimum absolute atomic E-state index is 0.163. The summed E-state index contributed by atoms with van der Waals surface area (Å²) in [5.74, 6) is -1.78. The first kappa shape index (κ1) is 16.2. The predicted octanol–water partition coefficient (Wildman–Crippen LogP) is 3.42. The van der Waals surface area contributed by atoms with Crippen molar-refractivity contribution in [1.82, 2.24) is 29.9 Å². The third kappa shape index (κ3) is 2.89. The molecule has 0 saturated heterocycles. The molecule has 132 valence electrons. The molecule has 26 heavy (non-hydrogen) atoms. The first-order valence-corrected chi connectivity index (χ1v) is 7.48. The summed E-state index contributed by atoms with van der Waals surface area (Å²) < 4.78 is 53.1. The number of hydrogen-bond donors (Lipinski definition) is 1. The van der Waals surface area contributed by atoms with Gasteiger partial charge in [0.1, 0.15) is 11.5 Å². The highest BCUT2D eigenvalue weighted by molar-refractivity contribution is 5.89. The summed E-state index contributed by atoms with van der Waals surface area (Å²) in [6.07, 6.45) is -3.10. The van der Waals surface area contributed by atoms with Crippen molar-refractivity contribution >= 4 is 11.0 Å². The van der Waals surface area contributed by atoms with Crippen molar-refractivity contribution in [3.63, 3.8) is 0 Å². The molecule has 0 amide bonds. The number of aromatic amines is 1. The molecule has 1 aromatic carbocycles. The molecule has 3 heterocycles. The van der Waals surface area contributed by atoms with E-state index in [9.17, 15) is 17.6 Å². The van der Waals surface area contributed by atoms with E-state index in [1.165, 1.54) is 23.0 Å². The average Bonchev–Trinajstić information content (AvgIpc) is 3.20. The minimum Gasteiger partial charge on any atom is -0.255 e. The number of halogens is 4. The van der Waals surface area contributed by atoms with E-state index >= 15 is 0 Å². The van der Waals surface area contributed by atoms with Crippen LogP contribution in [0.2, 0.25) is 0 Å². The number of pyridine rings is 1. The van der Waals surface area contributed by atoms with Gasteiger partial charge < -0.3 is 0 Å². The smallest absolute Gasteiger partial charge is 0.255 e. The molecule has 0 fully saturated rings. The van der Waals surface area contributed by atoms with Crippen LogP contribution in [-0.4, -0.2) is 29.9 Å². The van der Waals surface area contributed by atoms with Crippen LogP contribution in [0.3, 0.4) is 0 Å². The van der Waals surface area contributed by atoms with E-state index in [1.54, 1.807) is 24.3 Å². The lowest BCUT2D eigenvalue weighted by Gasteiger charge is -2.03. The number of nitrogens with zero attached hydrogens (tertiary/aromatic N) is 5. The van der Waals surface area contributed by atoms with Crippen molar-refractivity contribution in [3.05, 3.63) is 59.8 Å². The highest BCUT2D eigenvalue weighted by Gasteiger charge is 2.35. The second-order valence-electron chi connectivity index (χ2n) is 5.52. The van der Waals surface area contributed by atoms with Crippen LogP contribution in [0, 0.1) is 5.82 Å². The molecular weight excluding hydrogens is 352 g/mol. The Labute approximate surface area is 143 Å². The normalized spacial score (nSPS) is 12.0. The highest BCUT2D eigenvalue weighted by Crippen LogP contribution is 2.29. The van der Waals surface area contributed by atoms with E-state index in [0.29, 0.717) is 16.6 Å². The summed E-state index contributed by atoms with van der Waals surface area (Å²) in [4.78, 5) is 7.70. The summed E-state index contributed by atoms with van der Waals surface area (Å²) in [6.45, 7) is 0.196. The molecule has 0 radical (unpaired) electrons. The van der Waals surface area contributed by atoms with E-state index in [0.717, 1.165) is 0 Å². The molecule has 0 spiro atoms. The fourth-order valence-corrected chi connectivity index (χ4v) is 2.59. The van der Waals surface area contributed by atoms with Crippen molar-refractivity contribution in [2.24, 2.45) is 0 Å². The molecule has 3 aromatic heterocycles. The van der Waals surface area contributed by atoms with Gasteiger partial charge in [-0.3, -0.25) is 5.10 Å². The third-order valence-corrected chi connectivity index (χ3v) is 3.69. The number of hydrogen-bond acceptors (Lipinski definition) is 4. The number of fused-ring (bicyclic) bond motifs is 1. The zero-order valence-corrected chi connectivity index (χ0v) is 13.0. The Morgan fingerprint density at radius 3 is 2.69 bits per heavy atom. The summed E-state index contributed by atoms with van der Waals surface area (Å²) in [6, 6.07) is 9.25. The maximum atomic E-state index is 13.4. The number of H-pyrrole nitrogens is 1. The Bertz CT molecular complexity index is 1080. The summed E-state index contributed by atoms with van der Waals surface area (Å²) >= 11 is 0. The van der Waals surface area contributed by atoms with Gasteiger partial charge in [-0.25, -0.2) is 19.0 Å². The van der Waals surface area contributed by atoms with Crippen LogP contribution in [0.25, 0.3) is 22.6 Å². The van der Waals surface area contributed by atoms with Gasteiger partial charge in [0.05, 0.1) is 11.9 Å². The number of nitrogens with one attached hydrogen (secondary N) is 1. The van der Waals surface area contributed by atoms with Gasteiger partial charge in [0.25, 0.3) is 0 Å². The molecule has 4 aromatic rings. The largest absolute Gasteiger partial charge is 0.451 e. The standard InChI is InChI=1S/C16H10F4N6/c17-10-4-1-3-9(7-10)8-26-14-11(5-2-6-21-14)12(25-26)13-22-15(24-23-13)16(18,19)20/h1-7H,8H2,(H,22,23,24). The van der Waals surface area contributed by atoms with Gasteiger partial charge in [-0.05, 0) is 29.8 Å². The first-order chi connectivity index (χ1) is 12.4. The molecular formula is C16H10F4N6. The van der Waals surface area contributed by atoms with E-state index in [1.807, 2.05) is 5.10 Å².